The number of aromatic nitrogens is 1. The van der Waals surface area contributed by atoms with E-state index in [4.69, 9.17) is 21.1 Å². The molecular weight excluding hydrogens is 560 g/mol. The first-order valence-electron chi connectivity index (χ1n) is 12.5. The lowest BCUT2D eigenvalue weighted by molar-refractivity contribution is 0.0293. The fourth-order valence-electron chi connectivity index (χ4n) is 4.21. The topological polar surface area (TPSA) is 101 Å². The van der Waals surface area contributed by atoms with E-state index in [1.54, 1.807) is 35.7 Å². The fraction of sp³-hybridized carbons (Fsp3) is 0.407. The minimum absolute atomic E-state index is 0.0395. The largest absolute Gasteiger partial charge is 0.497 e. The van der Waals surface area contributed by atoms with Gasteiger partial charge in [0.2, 0.25) is 0 Å². The Balaban J connectivity index is 1.52. The number of thiazole rings is 1. The Bertz CT molecular complexity index is 1420. The van der Waals surface area contributed by atoms with Gasteiger partial charge in [-0.2, -0.15) is 0 Å². The number of methoxy groups -OCH3 is 1. The molecule has 0 unspecified atom stereocenters. The molecule has 0 saturated carbocycles. The van der Waals surface area contributed by atoms with Gasteiger partial charge in [0, 0.05) is 30.7 Å². The van der Waals surface area contributed by atoms with E-state index in [2.05, 4.69) is 10.3 Å². The van der Waals surface area contributed by atoms with E-state index in [1.807, 2.05) is 39.8 Å². The number of carbonyl (C=O) groups excluding carboxylic acids is 1. The van der Waals surface area contributed by atoms with Crippen molar-refractivity contribution in [3.05, 3.63) is 64.1 Å². The molecule has 2 aromatic carbocycles. The first-order chi connectivity index (χ1) is 18.4. The van der Waals surface area contributed by atoms with Crippen LogP contribution in [-0.4, -0.2) is 56.2 Å². The van der Waals surface area contributed by atoms with E-state index in [0.717, 1.165) is 11.1 Å². The van der Waals surface area contributed by atoms with Crippen LogP contribution in [0.5, 0.6) is 5.75 Å². The number of rotatable bonds is 8. The van der Waals surface area contributed by atoms with Gasteiger partial charge in [0.1, 0.15) is 11.4 Å². The van der Waals surface area contributed by atoms with Crippen molar-refractivity contribution in [1.29, 1.82) is 0 Å². The number of halogens is 1. The third-order valence-electron chi connectivity index (χ3n) is 6.22. The summed E-state index contributed by atoms with van der Waals surface area (Å²) in [5, 5.41) is 5.70. The highest BCUT2D eigenvalue weighted by Gasteiger charge is 2.31. The summed E-state index contributed by atoms with van der Waals surface area (Å²) in [5.74, 6) is 0.700. The molecule has 0 bridgehead atoms. The van der Waals surface area contributed by atoms with Gasteiger partial charge >= 0.3 is 6.09 Å². The second-order valence-electron chi connectivity index (χ2n) is 10.3. The molecule has 1 saturated heterocycles. The average molecular weight is 593 g/mol. The molecule has 1 N–H and O–H groups in total. The lowest BCUT2D eigenvalue weighted by atomic mass is 10.1. The molecule has 1 amide bonds. The molecule has 0 radical (unpaired) electrons. The number of hydrogen-bond donors (Lipinski definition) is 1. The Hall–Kier alpha value is -3.02. The lowest BCUT2D eigenvalue weighted by Gasteiger charge is -2.25. The number of benzene rings is 2. The molecule has 0 spiro atoms. The standard InChI is InChI=1S/C27H33ClN4O5S2/c1-18-14-21(36-5)7-6-19(18)16-32(25-29-11-13-38-25)39(34,35)22-8-9-24(23(28)15-22)30-20-10-12-31(17-20)26(33)37-27(2,3)4/h6-9,11,13-15,20,30H,10,12,16-17H2,1-5H3/t20-/m0/s1. The Kier molecular flexibility index (Phi) is 8.63. The van der Waals surface area contributed by atoms with Crippen LogP contribution in [-0.2, 0) is 21.3 Å². The predicted octanol–water partition coefficient (Wildman–Crippen LogP) is 5.93. The maximum absolute atomic E-state index is 13.8. The molecule has 39 heavy (non-hydrogen) atoms. The number of nitrogens with one attached hydrogen (secondary N) is 1. The number of likely N-dealkylation sites (tertiary alicyclic amines) is 1. The number of carbonyl (C=O) groups is 1. The molecule has 9 nitrogen and oxygen atoms in total. The second kappa shape index (κ2) is 11.6. The molecule has 3 aromatic rings. The number of nitrogens with zero attached hydrogens (tertiary/aromatic N) is 3. The third-order valence-corrected chi connectivity index (χ3v) is 9.18. The van der Waals surface area contributed by atoms with Crippen molar-refractivity contribution in [2.24, 2.45) is 0 Å². The number of anilines is 2. The van der Waals surface area contributed by atoms with E-state index in [1.165, 1.54) is 27.8 Å². The summed E-state index contributed by atoms with van der Waals surface area (Å²) in [6, 6.07) is 10.1. The lowest BCUT2D eigenvalue weighted by Crippen LogP contribution is -2.36. The van der Waals surface area contributed by atoms with Crippen molar-refractivity contribution in [2.45, 2.75) is 57.2 Å². The minimum Gasteiger partial charge on any atom is -0.497 e. The molecule has 12 heteroatoms. The first kappa shape index (κ1) is 29.0. The minimum atomic E-state index is -3.99. The Morgan fingerprint density at radius 2 is 2.03 bits per heavy atom. The molecule has 1 aliphatic rings. The van der Waals surface area contributed by atoms with Crippen LogP contribution < -0.4 is 14.4 Å². The number of aryl methyl sites for hydroxylation is 1. The van der Waals surface area contributed by atoms with Crippen LogP contribution >= 0.6 is 22.9 Å². The van der Waals surface area contributed by atoms with Gasteiger partial charge in [-0.1, -0.05) is 17.7 Å². The zero-order valence-electron chi connectivity index (χ0n) is 22.6. The van der Waals surface area contributed by atoms with Gasteiger partial charge < -0.3 is 19.7 Å². The summed E-state index contributed by atoms with van der Waals surface area (Å²) >= 11 is 7.81. The highest BCUT2D eigenvalue weighted by atomic mass is 35.5. The van der Waals surface area contributed by atoms with Crippen LogP contribution in [0.25, 0.3) is 0 Å². The second-order valence-corrected chi connectivity index (χ2v) is 13.5. The van der Waals surface area contributed by atoms with Crippen LogP contribution in [0, 0.1) is 6.92 Å². The van der Waals surface area contributed by atoms with E-state index < -0.39 is 15.6 Å². The zero-order valence-corrected chi connectivity index (χ0v) is 25.0. The predicted molar refractivity (Wildman–Crippen MR) is 155 cm³/mol. The van der Waals surface area contributed by atoms with Gasteiger partial charge in [-0.15, -0.1) is 11.3 Å². The van der Waals surface area contributed by atoms with E-state index in [9.17, 15) is 13.2 Å². The van der Waals surface area contributed by atoms with Gasteiger partial charge in [-0.3, -0.25) is 0 Å². The normalized spacial score (nSPS) is 15.7. The number of sulfonamides is 1. The molecule has 1 atom stereocenters. The van der Waals surface area contributed by atoms with Gasteiger partial charge in [0.15, 0.2) is 5.13 Å². The van der Waals surface area contributed by atoms with Crippen LogP contribution in [0.3, 0.4) is 0 Å². The average Bonchev–Trinajstić information content (AvgIpc) is 3.56. The van der Waals surface area contributed by atoms with Crippen molar-refractivity contribution in [3.63, 3.8) is 0 Å². The quantitative estimate of drug-likeness (QED) is 0.346. The van der Waals surface area contributed by atoms with Gasteiger partial charge in [0.05, 0.1) is 29.3 Å². The smallest absolute Gasteiger partial charge is 0.410 e. The summed E-state index contributed by atoms with van der Waals surface area (Å²) in [6.07, 6.45) is 1.94. The maximum Gasteiger partial charge on any atom is 0.410 e. The van der Waals surface area contributed by atoms with Gasteiger partial charge in [-0.25, -0.2) is 22.5 Å². The molecule has 0 aliphatic carbocycles. The van der Waals surface area contributed by atoms with Crippen molar-refractivity contribution in [3.8, 4) is 5.75 Å². The van der Waals surface area contributed by atoms with Crippen LogP contribution in [0.1, 0.15) is 38.3 Å². The Morgan fingerprint density at radius 3 is 2.64 bits per heavy atom. The van der Waals surface area contributed by atoms with E-state index in [0.29, 0.717) is 36.1 Å². The highest BCUT2D eigenvalue weighted by molar-refractivity contribution is 7.93. The van der Waals surface area contributed by atoms with Crippen LogP contribution in [0.15, 0.2) is 52.9 Å². The van der Waals surface area contributed by atoms with Gasteiger partial charge in [0.25, 0.3) is 10.0 Å². The van der Waals surface area contributed by atoms with Crippen molar-refractivity contribution in [2.75, 3.05) is 29.8 Å². The molecule has 1 fully saturated rings. The molecule has 4 rings (SSSR count). The molecule has 210 valence electrons. The number of hydrogen-bond acceptors (Lipinski definition) is 8. The maximum atomic E-state index is 13.8. The Morgan fingerprint density at radius 1 is 1.26 bits per heavy atom. The molecule has 1 aromatic heterocycles. The summed E-state index contributed by atoms with van der Waals surface area (Å²) in [6.45, 7) is 8.54. The van der Waals surface area contributed by atoms with Crippen molar-refractivity contribution < 1.29 is 22.7 Å². The van der Waals surface area contributed by atoms with Gasteiger partial charge in [-0.05, 0) is 75.6 Å². The Labute approximate surface area is 238 Å². The third kappa shape index (κ3) is 6.95. The van der Waals surface area contributed by atoms with Crippen molar-refractivity contribution >= 4 is 49.9 Å². The first-order valence-corrected chi connectivity index (χ1v) is 15.2. The molecular formula is C27H33ClN4O5S2. The summed E-state index contributed by atoms with van der Waals surface area (Å²) < 4.78 is 39.7. The molecule has 1 aliphatic heterocycles. The number of ether oxygens (including phenoxy) is 2. The zero-order chi connectivity index (χ0) is 28.4. The molecule has 2 heterocycles. The monoisotopic (exact) mass is 592 g/mol. The SMILES string of the molecule is COc1ccc(CN(c2nccs2)S(=O)(=O)c2ccc(N[C@H]3CCN(C(=O)OC(C)(C)C)C3)c(Cl)c2)c(C)c1. The van der Waals surface area contributed by atoms with E-state index >= 15 is 0 Å². The van der Waals surface area contributed by atoms with Crippen LogP contribution in [0.4, 0.5) is 15.6 Å². The fourth-order valence-corrected chi connectivity index (χ4v) is 6.81. The van der Waals surface area contributed by atoms with Crippen LogP contribution in [0.2, 0.25) is 5.02 Å². The summed E-state index contributed by atoms with van der Waals surface area (Å²) in [7, 11) is -2.40. The summed E-state index contributed by atoms with van der Waals surface area (Å²) in [5.41, 5.74) is 1.76. The number of amides is 1. The highest BCUT2D eigenvalue weighted by Crippen LogP contribution is 2.33. The van der Waals surface area contributed by atoms with Crippen molar-refractivity contribution in [1.82, 2.24) is 9.88 Å². The summed E-state index contributed by atoms with van der Waals surface area (Å²) in [4.78, 5) is 18.4. The van der Waals surface area contributed by atoms with E-state index in [-0.39, 0.29) is 28.6 Å².